The molecule has 1 heterocycles. The standard InChI is InChI=1S/C19H25N3O2/c1-2-5-17-15-10-9-14(12-16(15)19(24)22-21-17)20-18(23)11-8-13-6-3-4-7-13/h9-10,12-13H,2-8,11H2,1H3,(H,20,23)(H,22,24). The number of carbonyl (C=O) groups is 1. The number of nitrogens with one attached hydrogen (secondary N) is 2. The van der Waals surface area contributed by atoms with Crippen LogP contribution in [0.2, 0.25) is 0 Å². The molecule has 0 unspecified atom stereocenters. The van der Waals surface area contributed by atoms with Crippen molar-refractivity contribution in [3.05, 3.63) is 34.2 Å². The highest BCUT2D eigenvalue weighted by Crippen LogP contribution is 2.28. The van der Waals surface area contributed by atoms with Crippen molar-refractivity contribution in [2.24, 2.45) is 5.92 Å². The van der Waals surface area contributed by atoms with E-state index in [2.05, 4.69) is 22.4 Å². The van der Waals surface area contributed by atoms with E-state index in [9.17, 15) is 9.59 Å². The van der Waals surface area contributed by atoms with Crippen molar-refractivity contribution >= 4 is 22.4 Å². The lowest BCUT2D eigenvalue weighted by Gasteiger charge is -2.10. The first-order valence-electron chi connectivity index (χ1n) is 8.98. The van der Waals surface area contributed by atoms with Gasteiger partial charge >= 0.3 is 0 Å². The maximum absolute atomic E-state index is 12.2. The maximum Gasteiger partial charge on any atom is 0.272 e. The average Bonchev–Trinajstić information content (AvgIpc) is 3.09. The van der Waals surface area contributed by atoms with Gasteiger partial charge in [-0.05, 0) is 30.9 Å². The van der Waals surface area contributed by atoms with Gasteiger partial charge in [0.2, 0.25) is 5.91 Å². The molecule has 0 aliphatic heterocycles. The first-order chi connectivity index (χ1) is 11.7. The Kier molecular flexibility index (Phi) is 5.28. The zero-order valence-corrected chi connectivity index (χ0v) is 14.2. The predicted molar refractivity (Wildman–Crippen MR) is 96.2 cm³/mol. The van der Waals surface area contributed by atoms with Crippen LogP contribution in [-0.2, 0) is 11.2 Å². The minimum atomic E-state index is -0.216. The first kappa shape index (κ1) is 16.7. The number of hydrogen-bond acceptors (Lipinski definition) is 3. The zero-order chi connectivity index (χ0) is 16.9. The number of hydrogen-bond donors (Lipinski definition) is 2. The summed E-state index contributed by atoms with van der Waals surface area (Å²) < 4.78 is 0. The molecular formula is C19H25N3O2. The molecule has 0 spiro atoms. The van der Waals surface area contributed by atoms with E-state index in [0.29, 0.717) is 23.4 Å². The van der Waals surface area contributed by atoms with Gasteiger partial charge in [-0.25, -0.2) is 5.10 Å². The fourth-order valence-corrected chi connectivity index (χ4v) is 3.59. The number of amides is 1. The predicted octanol–water partition coefficient (Wildman–Crippen LogP) is 3.78. The maximum atomic E-state index is 12.2. The molecule has 1 aromatic carbocycles. The molecule has 0 atom stereocenters. The summed E-state index contributed by atoms with van der Waals surface area (Å²) in [5.41, 5.74) is 1.36. The van der Waals surface area contributed by atoms with Crippen molar-refractivity contribution < 1.29 is 4.79 Å². The molecule has 1 aliphatic carbocycles. The summed E-state index contributed by atoms with van der Waals surface area (Å²) in [4.78, 5) is 24.2. The SMILES string of the molecule is CCCc1n[nH]c(=O)c2cc(NC(=O)CCC3CCCC3)ccc12. The summed E-state index contributed by atoms with van der Waals surface area (Å²) in [5.74, 6) is 0.735. The van der Waals surface area contributed by atoms with Gasteiger partial charge in [-0.2, -0.15) is 5.10 Å². The van der Waals surface area contributed by atoms with Crippen molar-refractivity contribution in [1.82, 2.24) is 10.2 Å². The number of benzene rings is 1. The second kappa shape index (κ2) is 7.60. The summed E-state index contributed by atoms with van der Waals surface area (Å²) in [6.45, 7) is 2.08. The number of aryl methyl sites for hydroxylation is 1. The van der Waals surface area contributed by atoms with Crippen molar-refractivity contribution in [3.8, 4) is 0 Å². The van der Waals surface area contributed by atoms with Crippen molar-refractivity contribution in [1.29, 1.82) is 0 Å². The Morgan fingerprint density at radius 1 is 1.29 bits per heavy atom. The number of anilines is 1. The first-order valence-corrected chi connectivity index (χ1v) is 8.98. The highest BCUT2D eigenvalue weighted by atomic mass is 16.1. The Morgan fingerprint density at radius 3 is 2.83 bits per heavy atom. The van der Waals surface area contributed by atoms with Crippen molar-refractivity contribution in [2.45, 2.75) is 58.3 Å². The van der Waals surface area contributed by atoms with E-state index >= 15 is 0 Å². The highest BCUT2D eigenvalue weighted by molar-refractivity contribution is 5.94. The third kappa shape index (κ3) is 3.83. The summed E-state index contributed by atoms with van der Waals surface area (Å²) in [6, 6.07) is 5.49. The lowest BCUT2D eigenvalue weighted by atomic mass is 10.0. The summed E-state index contributed by atoms with van der Waals surface area (Å²) in [7, 11) is 0. The Labute approximate surface area is 141 Å². The van der Waals surface area contributed by atoms with Gasteiger partial charge < -0.3 is 5.32 Å². The molecule has 1 aliphatic rings. The molecule has 5 heteroatoms. The molecule has 1 fully saturated rings. The van der Waals surface area contributed by atoms with Crippen LogP contribution in [0.4, 0.5) is 5.69 Å². The monoisotopic (exact) mass is 327 g/mol. The quantitative estimate of drug-likeness (QED) is 0.847. The number of rotatable bonds is 6. The van der Waals surface area contributed by atoms with Crippen LogP contribution in [0, 0.1) is 5.92 Å². The molecule has 3 rings (SSSR count). The largest absolute Gasteiger partial charge is 0.326 e. The van der Waals surface area contributed by atoms with Crippen LogP contribution in [-0.4, -0.2) is 16.1 Å². The second-order valence-corrected chi connectivity index (χ2v) is 6.75. The molecule has 0 radical (unpaired) electrons. The summed E-state index contributed by atoms with van der Waals surface area (Å²) in [6.07, 6.45) is 8.41. The van der Waals surface area contributed by atoms with Crippen molar-refractivity contribution in [3.63, 3.8) is 0 Å². The highest BCUT2D eigenvalue weighted by Gasteiger charge is 2.16. The molecule has 0 bridgehead atoms. The lowest BCUT2D eigenvalue weighted by Crippen LogP contribution is -2.14. The Balaban J connectivity index is 1.71. The molecule has 1 amide bonds. The van der Waals surface area contributed by atoms with Gasteiger partial charge in [-0.3, -0.25) is 9.59 Å². The van der Waals surface area contributed by atoms with Crippen LogP contribution in [0.3, 0.4) is 0 Å². The van der Waals surface area contributed by atoms with E-state index in [4.69, 9.17) is 0 Å². The van der Waals surface area contributed by atoms with E-state index in [1.807, 2.05) is 12.1 Å². The van der Waals surface area contributed by atoms with Gasteiger partial charge in [0.25, 0.3) is 5.56 Å². The van der Waals surface area contributed by atoms with Gasteiger partial charge in [0.1, 0.15) is 0 Å². The van der Waals surface area contributed by atoms with Crippen LogP contribution in [0.5, 0.6) is 0 Å². The number of aromatic amines is 1. The van der Waals surface area contributed by atoms with Crippen LogP contribution in [0.1, 0.15) is 57.6 Å². The molecule has 5 nitrogen and oxygen atoms in total. The molecule has 1 aromatic heterocycles. The summed E-state index contributed by atoms with van der Waals surface area (Å²) >= 11 is 0. The third-order valence-corrected chi connectivity index (χ3v) is 4.89. The Bertz CT molecular complexity index is 776. The second-order valence-electron chi connectivity index (χ2n) is 6.75. The van der Waals surface area contributed by atoms with Crippen LogP contribution in [0.15, 0.2) is 23.0 Å². The minimum Gasteiger partial charge on any atom is -0.326 e. The topological polar surface area (TPSA) is 74.8 Å². The Morgan fingerprint density at radius 2 is 2.08 bits per heavy atom. The van der Waals surface area contributed by atoms with E-state index in [1.165, 1.54) is 25.7 Å². The lowest BCUT2D eigenvalue weighted by molar-refractivity contribution is -0.116. The van der Waals surface area contributed by atoms with E-state index < -0.39 is 0 Å². The Hall–Kier alpha value is -2.17. The van der Waals surface area contributed by atoms with Crippen LogP contribution < -0.4 is 10.9 Å². The van der Waals surface area contributed by atoms with E-state index in [1.54, 1.807) is 6.07 Å². The van der Waals surface area contributed by atoms with Gasteiger partial charge in [-0.15, -0.1) is 0 Å². The molecular weight excluding hydrogens is 302 g/mol. The number of nitrogens with zero attached hydrogens (tertiary/aromatic N) is 1. The zero-order valence-electron chi connectivity index (χ0n) is 14.2. The average molecular weight is 327 g/mol. The van der Waals surface area contributed by atoms with Gasteiger partial charge in [-0.1, -0.05) is 45.1 Å². The molecule has 128 valence electrons. The smallest absolute Gasteiger partial charge is 0.272 e. The number of H-pyrrole nitrogens is 1. The normalized spacial score (nSPS) is 15.0. The summed E-state index contributed by atoms with van der Waals surface area (Å²) in [5, 5.41) is 11.1. The fraction of sp³-hybridized carbons (Fsp3) is 0.526. The number of aromatic nitrogens is 2. The minimum absolute atomic E-state index is 0.0283. The third-order valence-electron chi connectivity index (χ3n) is 4.89. The van der Waals surface area contributed by atoms with Gasteiger partial charge in [0, 0.05) is 17.5 Å². The molecule has 2 N–H and O–H groups in total. The van der Waals surface area contributed by atoms with E-state index in [0.717, 1.165) is 30.3 Å². The van der Waals surface area contributed by atoms with Gasteiger partial charge in [0.05, 0.1) is 11.1 Å². The number of carbonyl (C=O) groups excluding carboxylic acids is 1. The molecule has 0 saturated heterocycles. The molecule has 1 saturated carbocycles. The number of fused-ring (bicyclic) bond motifs is 1. The van der Waals surface area contributed by atoms with Crippen LogP contribution in [0.25, 0.3) is 10.8 Å². The molecule has 2 aromatic rings. The van der Waals surface area contributed by atoms with E-state index in [-0.39, 0.29) is 11.5 Å². The van der Waals surface area contributed by atoms with Crippen LogP contribution >= 0.6 is 0 Å². The fourth-order valence-electron chi connectivity index (χ4n) is 3.59. The van der Waals surface area contributed by atoms with Crippen molar-refractivity contribution in [2.75, 3.05) is 5.32 Å². The van der Waals surface area contributed by atoms with Gasteiger partial charge in [0.15, 0.2) is 0 Å². The molecule has 24 heavy (non-hydrogen) atoms.